The lowest BCUT2D eigenvalue weighted by atomic mass is 9.68. The first-order valence-electron chi connectivity index (χ1n) is 7.59. The molecule has 0 aliphatic rings. The van der Waals surface area contributed by atoms with E-state index in [1.807, 2.05) is 0 Å². The molecule has 0 saturated heterocycles. The van der Waals surface area contributed by atoms with E-state index in [1.165, 1.54) is 0 Å². The second kappa shape index (κ2) is 10.7. The summed E-state index contributed by atoms with van der Waals surface area (Å²) >= 11 is 4.84. The Hall–Kier alpha value is -1.00. The number of rotatable bonds is 13. The lowest BCUT2D eigenvalue weighted by Gasteiger charge is -2.46. The Morgan fingerprint density at radius 1 is 0.643 bits per heavy atom. The van der Waals surface area contributed by atoms with E-state index in [2.05, 4.69) is 31.9 Å². The molecular weight excluding hydrogens is 520 g/mol. The van der Waals surface area contributed by atoms with Crippen molar-refractivity contribution in [2.45, 2.75) is 59.1 Å². The molecule has 0 radical (unpaired) electrons. The van der Waals surface area contributed by atoms with Gasteiger partial charge in [-0.2, -0.15) is 0 Å². The maximum atomic E-state index is 12.5. The molecule has 162 valence electrons. The van der Waals surface area contributed by atoms with E-state index < -0.39 is 82.6 Å². The molecule has 0 rings (SSSR count). The molecule has 0 bridgehead atoms. The van der Waals surface area contributed by atoms with Crippen molar-refractivity contribution in [1.29, 1.82) is 0 Å². The molecule has 0 aliphatic heterocycles. The van der Waals surface area contributed by atoms with Gasteiger partial charge < -0.3 is 40.9 Å². The molecular formula is C14H20Br2O12. The Kier molecular flexibility index (Phi) is 10.3. The summed E-state index contributed by atoms with van der Waals surface area (Å²) in [4.78, 5) is 46.4. The third kappa shape index (κ3) is 5.76. The monoisotopic (exact) mass is 538 g/mol. The first kappa shape index (κ1) is 27.0. The Bertz CT molecular complexity index is 557. The average molecular weight is 540 g/mol. The van der Waals surface area contributed by atoms with Gasteiger partial charge in [-0.3, -0.25) is 19.2 Å². The van der Waals surface area contributed by atoms with E-state index in [0.717, 1.165) is 0 Å². The molecule has 0 aromatic rings. The molecule has 0 aliphatic carbocycles. The molecule has 0 heterocycles. The number of hydrogen-bond acceptors (Lipinski definition) is 10. The van der Waals surface area contributed by atoms with E-state index in [0.29, 0.717) is 0 Å². The zero-order valence-corrected chi connectivity index (χ0v) is 17.3. The summed E-state index contributed by atoms with van der Waals surface area (Å²) < 4.78 is 0. The van der Waals surface area contributed by atoms with Crippen LogP contribution in [0.3, 0.4) is 0 Å². The molecule has 0 saturated carbocycles. The van der Waals surface area contributed by atoms with Crippen LogP contribution in [0, 0.1) is 0 Å². The number of halogens is 2. The number of aliphatic hydroxyl groups is 6. The fraction of sp³-hybridized carbons (Fsp3) is 0.714. The summed E-state index contributed by atoms with van der Waals surface area (Å²) in [5, 5.41) is 74.0. The van der Waals surface area contributed by atoms with Crippen molar-refractivity contribution in [1.82, 2.24) is 0 Å². The zero-order chi connectivity index (χ0) is 22.4. The fourth-order valence-electron chi connectivity index (χ4n) is 2.43. The van der Waals surface area contributed by atoms with Gasteiger partial charge in [0.1, 0.15) is 22.2 Å². The lowest BCUT2D eigenvalue weighted by molar-refractivity contribution is -0.239. The summed E-state index contributed by atoms with van der Waals surface area (Å²) in [5.41, 5.74) is -7.45. The molecule has 2 unspecified atom stereocenters. The highest BCUT2D eigenvalue weighted by Gasteiger charge is 2.67. The zero-order valence-electron chi connectivity index (χ0n) is 14.1. The number of carbonyl (C=O) groups is 4. The Labute approximate surface area is 174 Å². The van der Waals surface area contributed by atoms with Gasteiger partial charge in [0.2, 0.25) is 0 Å². The molecule has 0 aromatic heterocycles. The maximum absolute atomic E-state index is 12.5. The molecule has 0 aromatic carbocycles. The Balaban J connectivity index is 6.51. The minimum absolute atomic E-state index is 0.918. The van der Waals surface area contributed by atoms with E-state index in [-0.39, 0.29) is 0 Å². The van der Waals surface area contributed by atoms with E-state index in [9.17, 15) is 49.8 Å². The van der Waals surface area contributed by atoms with Gasteiger partial charge in [0.05, 0.1) is 12.8 Å². The van der Waals surface area contributed by atoms with Crippen molar-refractivity contribution in [3.63, 3.8) is 0 Å². The van der Waals surface area contributed by atoms with Crippen LogP contribution in [0.15, 0.2) is 0 Å². The quantitative estimate of drug-likeness (QED) is 0.113. The number of aliphatic carboxylic acids is 2. The number of ketones is 2. The van der Waals surface area contributed by atoms with Crippen LogP contribution in [-0.4, -0.2) is 97.8 Å². The minimum atomic E-state index is -3.73. The predicted molar refractivity (Wildman–Crippen MR) is 95.5 cm³/mol. The van der Waals surface area contributed by atoms with Crippen LogP contribution in [0.1, 0.15) is 25.7 Å². The number of carboxylic acids is 2. The van der Waals surface area contributed by atoms with Crippen LogP contribution in [0.2, 0.25) is 0 Å². The lowest BCUT2D eigenvalue weighted by Crippen LogP contribution is -2.76. The number of aliphatic hydroxyl groups excluding tert-OH is 4. The molecule has 12 nitrogen and oxygen atoms in total. The Morgan fingerprint density at radius 2 is 0.893 bits per heavy atom. The topological polar surface area (TPSA) is 230 Å². The van der Waals surface area contributed by atoms with Gasteiger partial charge in [0, 0.05) is 12.8 Å². The first-order chi connectivity index (χ1) is 12.6. The second-order valence-corrected chi connectivity index (χ2v) is 7.68. The molecule has 28 heavy (non-hydrogen) atoms. The van der Waals surface area contributed by atoms with E-state index >= 15 is 0 Å². The molecule has 0 spiro atoms. The third-order valence-corrected chi connectivity index (χ3v) is 4.94. The average Bonchev–Trinajstić information content (AvgIpc) is 2.60. The van der Waals surface area contributed by atoms with Gasteiger partial charge in [-0.1, -0.05) is 31.9 Å². The molecule has 8 N–H and O–H groups in total. The smallest absolute Gasteiger partial charge is 0.303 e. The van der Waals surface area contributed by atoms with Crippen molar-refractivity contribution < 1.29 is 60.0 Å². The number of alkyl halides is 2. The van der Waals surface area contributed by atoms with Gasteiger partial charge >= 0.3 is 11.9 Å². The van der Waals surface area contributed by atoms with Gasteiger partial charge in [-0.05, 0) is 0 Å². The molecule has 6 atom stereocenters. The Morgan fingerprint density at radius 3 is 1.07 bits per heavy atom. The maximum Gasteiger partial charge on any atom is 0.303 e. The SMILES string of the molecule is O=C(O)CCC(=O)[C@@](O)([C@@H](O)C(O)Br)[C@](O)(C(=O)CCC(=O)O)[C@H](O)C(O)Br. The van der Waals surface area contributed by atoms with E-state index in [1.54, 1.807) is 0 Å². The van der Waals surface area contributed by atoms with Crippen molar-refractivity contribution in [3.8, 4) is 0 Å². The highest BCUT2D eigenvalue weighted by molar-refractivity contribution is 9.09. The summed E-state index contributed by atoms with van der Waals surface area (Å²) in [5.74, 6) is -6.38. The summed E-state index contributed by atoms with van der Waals surface area (Å²) in [6, 6.07) is 0. The van der Waals surface area contributed by atoms with Crippen LogP contribution in [0.4, 0.5) is 0 Å². The summed E-state index contributed by atoms with van der Waals surface area (Å²) in [6.07, 6.45) is -9.34. The van der Waals surface area contributed by atoms with Crippen molar-refractivity contribution in [2.75, 3.05) is 0 Å². The summed E-state index contributed by atoms with van der Waals surface area (Å²) in [7, 11) is 0. The first-order valence-corrected chi connectivity index (χ1v) is 9.42. The molecule has 0 amide bonds. The van der Waals surface area contributed by atoms with Crippen LogP contribution >= 0.6 is 31.9 Å². The number of carboxylic acid groups (broad SMARTS) is 2. The van der Waals surface area contributed by atoms with E-state index in [4.69, 9.17) is 10.2 Å². The minimum Gasteiger partial charge on any atom is -0.481 e. The van der Waals surface area contributed by atoms with Gasteiger partial charge in [0.25, 0.3) is 0 Å². The number of Topliss-reactive ketones (excluding diaryl/α,β-unsaturated/α-hetero) is 2. The second-order valence-electron chi connectivity index (χ2n) is 5.80. The van der Waals surface area contributed by atoms with Gasteiger partial charge in [0.15, 0.2) is 22.8 Å². The van der Waals surface area contributed by atoms with Crippen LogP contribution in [0.5, 0.6) is 0 Å². The van der Waals surface area contributed by atoms with Crippen LogP contribution in [-0.2, 0) is 19.2 Å². The van der Waals surface area contributed by atoms with Crippen molar-refractivity contribution >= 4 is 55.4 Å². The highest BCUT2D eigenvalue weighted by Crippen LogP contribution is 2.38. The predicted octanol–water partition coefficient (Wildman–Crippen LogP) is -2.54. The molecule has 0 fully saturated rings. The van der Waals surface area contributed by atoms with Crippen molar-refractivity contribution in [2.24, 2.45) is 0 Å². The van der Waals surface area contributed by atoms with Gasteiger partial charge in [-0.15, -0.1) is 0 Å². The van der Waals surface area contributed by atoms with Crippen LogP contribution < -0.4 is 0 Å². The standard InChI is InChI=1S/C14H20Br2O12/c15-11(25)9(23)13(27,5(17)1-3-7(19)20)14(28,10(24)12(16)26)6(18)2-4-8(21)22/h9-12,23-28H,1-4H2,(H,19,20)(H,21,22)/t9-,10+,11?,12?,13+,14-. The summed E-state index contributed by atoms with van der Waals surface area (Å²) in [6.45, 7) is 0. The molecule has 14 heteroatoms. The van der Waals surface area contributed by atoms with Crippen molar-refractivity contribution in [3.05, 3.63) is 0 Å². The fourth-order valence-corrected chi connectivity index (χ4v) is 3.19. The number of hydrogen-bond donors (Lipinski definition) is 8. The normalized spacial score (nSPS) is 20.1. The van der Waals surface area contributed by atoms with Gasteiger partial charge in [-0.25, -0.2) is 0 Å². The largest absolute Gasteiger partial charge is 0.481 e. The third-order valence-electron chi connectivity index (χ3n) is 3.94. The van der Waals surface area contributed by atoms with Crippen LogP contribution in [0.25, 0.3) is 0 Å². The highest BCUT2D eigenvalue weighted by atomic mass is 79.9. The number of carbonyl (C=O) groups excluding carboxylic acids is 2.